The zero-order valence-corrected chi connectivity index (χ0v) is 15.2. The summed E-state index contributed by atoms with van der Waals surface area (Å²) >= 11 is 0. The number of rotatable bonds is 3. The molecule has 0 spiro atoms. The van der Waals surface area contributed by atoms with Crippen molar-refractivity contribution in [2.75, 3.05) is 32.0 Å². The Hall–Kier alpha value is -2.90. The molecule has 1 saturated heterocycles. The standard InChI is InChI=1S/C20H22N6O/c1-12-22-19-15(10-18(21)25-20(19)23-12)17-9-14-3-2-13(8-16(14)24-17)11-26-4-6-27-7-5-26/h2-3,8-10,24H,4-7,11H2,1H3,(H3,21,22,23,25). The lowest BCUT2D eigenvalue weighted by molar-refractivity contribution is 0.0342. The van der Waals surface area contributed by atoms with Crippen LogP contribution in [0.25, 0.3) is 33.3 Å². The fraction of sp³-hybridized carbons (Fsp3) is 0.300. The van der Waals surface area contributed by atoms with Gasteiger partial charge in [0.05, 0.1) is 18.7 Å². The minimum atomic E-state index is 0.468. The third-order valence-corrected chi connectivity index (χ3v) is 5.09. The van der Waals surface area contributed by atoms with Crippen molar-refractivity contribution in [3.8, 4) is 11.3 Å². The first-order valence-corrected chi connectivity index (χ1v) is 9.21. The van der Waals surface area contributed by atoms with Crippen molar-refractivity contribution in [2.24, 2.45) is 0 Å². The quantitative estimate of drug-likeness (QED) is 0.521. The highest BCUT2D eigenvalue weighted by Crippen LogP contribution is 2.30. The molecule has 0 amide bonds. The van der Waals surface area contributed by atoms with Crippen LogP contribution in [0.1, 0.15) is 11.4 Å². The van der Waals surface area contributed by atoms with E-state index in [1.165, 1.54) is 10.9 Å². The molecule has 0 unspecified atom stereocenters. The van der Waals surface area contributed by atoms with E-state index in [1.807, 2.05) is 13.0 Å². The highest BCUT2D eigenvalue weighted by atomic mass is 16.5. The van der Waals surface area contributed by atoms with Crippen molar-refractivity contribution in [1.29, 1.82) is 0 Å². The van der Waals surface area contributed by atoms with Gasteiger partial charge in [-0.3, -0.25) is 4.90 Å². The maximum atomic E-state index is 6.00. The number of hydrogen-bond acceptors (Lipinski definition) is 5. The fourth-order valence-electron chi connectivity index (χ4n) is 3.77. The van der Waals surface area contributed by atoms with Gasteiger partial charge < -0.3 is 20.4 Å². The van der Waals surface area contributed by atoms with Gasteiger partial charge in [0.1, 0.15) is 11.6 Å². The number of fused-ring (bicyclic) bond motifs is 2. The molecule has 27 heavy (non-hydrogen) atoms. The van der Waals surface area contributed by atoms with Gasteiger partial charge >= 0.3 is 0 Å². The third kappa shape index (κ3) is 3.05. The first-order chi connectivity index (χ1) is 13.2. The van der Waals surface area contributed by atoms with Crippen molar-refractivity contribution in [3.05, 3.63) is 41.7 Å². The minimum Gasteiger partial charge on any atom is -0.384 e. The number of nitrogens with two attached hydrogens (primary N) is 1. The van der Waals surface area contributed by atoms with E-state index in [4.69, 9.17) is 10.5 Å². The van der Waals surface area contributed by atoms with Gasteiger partial charge in [-0.1, -0.05) is 12.1 Å². The van der Waals surface area contributed by atoms with Crippen molar-refractivity contribution in [3.63, 3.8) is 0 Å². The highest BCUT2D eigenvalue weighted by Gasteiger charge is 2.14. The Balaban J connectivity index is 1.53. The maximum absolute atomic E-state index is 6.00. The molecule has 0 saturated carbocycles. The summed E-state index contributed by atoms with van der Waals surface area (Å²) in [6.45, 7) is 6.48. The van der Waals surface area contributed by atoms with Crippen LogP contribution < -0.4 is 5.73 Å². The van der Waals surface area contributed by atoms with Crippen LogP contribution in [0.3, 0.4) is 0 Å². The SMILES string of the molecule is Cc1nc2nc(N)cc(-c3cc4ccc(CN5CCOCC5)cc4[nH]3)c2[nH]1. The van der Waals surface area contributed by atoms with Crippen LogP contribution in [0.5, 0.6) is 0 Å². The summed E-state index contributed by atoms with van der Waals surface area (Å²) in [5.74, 6) is 1.30. The molecule has 138 valence electrons. The molecule has 0 aliphatic carbocycles. The summed E-state index contributed by atoms with van der Waals surface area (Å²) < 4.78 is 5.44. The summed E-state index contributed by atoms with van der Waals surface area (Å²) in [5, 5.41) is 1.18. The summed E-state index contributed by atoms with van der Waals surface area (Å²) in [5.41, 5.74) is 12.0. The molecule has 5 rings (SSSR count). The van der Waals surface area contributed by atoms with Crippen LogP contribution >= 0.6 is 0 Å². The second kappa shape index (κ2) is 6.37. The molecule has 3 aromatic heterocycles. The molecule has 4 N–H and O–H groups in total. The van der Waals surface area contributed by atoms with E-state index in [0.717, 1.165) is 61.0 Å². The van der Waals surface area contributed by atoms with Crippen LogP contribution in [0.2, 0.25) is 0 Å². The number of nitrogen functional groups attached to an aromatic ring is 1. The number of benzene rings is 1. The van der Waals surface area contributed by atoms with Gasteiger partial charge in [0.15, 0.2) is 5.65 Å². The molecule has 1 aromatic carbocycles. The molecular weight excluding hydrogens is 340 g/mol. The lowest BCUT2D eigenvalue weighted by atomic mass is 10.1. The number of morpholine rings is 1. The fourth-order valence-corrected chi connectivity index (χ4v) is 3.77. The van der Waals surface area contributed by atoms with Gasteiger partial charge in [0.2, 0.25) is 0 Å². The number of aryl methyl sites for hydroxylation is 1. The van der Waals surface area contributed by atoms with Gasteiger partial charge in [0, 0.05) is 41.8 Å². The second-order valence-corrected chi connectivity index (χ2v) is 7.11. The molecule has 1 fully saturated rings. The molecule has 0 radical (unpaired) electrons. The number of anilines is 1. The zero-order chi connectivity index (χ0) is 18.4. The van der Waals surface area contributed by atoms with E-state index in [-0.39, 0.29) is 0 Å². The lowest BCUT2D eigenvalue weighted by Gasteiger charge is -2.26. The first kappa shape index (κ1) is 16.3. The van der Waals surface area contributed by atoms with E-state index in [0.29, 0.717) is 11.5 Å². The van der Waals surface area contributed by atoms with Gasteiger partial charge in [0.25, 0.3) is 0 Å². The van der Waals surface area contributed by atoms with E-state index < -0.39 is 0 Å². The molecular formula is C20H22N6O. The van der Waals surface area contributed by atoms with Crippen molar-refractivity contribution in [1.82, 2.24) is 24.8 Å². The Morgan fingerprint density at radius 1 is 1.11 bits per heavy atom. The molecule has 7 nitrogen and oxygen atoms in total. The van der Waals surface area contributed by atoms with E-state index in [9.17, 15) is 0 Å². The van der Waals surface area contributed by atoms with Gasteiger partial charge in [-0.25, -0.2) is 9.97 Å². The average Bonchev–Trinajstić information content (AvgIpc) is 3.24. The number of H-pyrrole nitrogens is 2. The number of nitrogens with one attached hydrogen (secondary N) is 2. The second-order valence-electron chi connectivity index (χ2n) is 7.11. The van der Waals surface area contributed by atoms with E-state index in [2.05, 4.69) is 49.1 Å². The van der Waals surface area contributed by atoms with Crippen LogP contribution in [0.15, 0.2) is 30.3 Å². The lowest BCUT2D eigenvalue weighted by Crippen LogP contribution is -2.35. The molecule has 1 aliphatic heterocycles. The Bertz CT molecular complexity index is 1120. The van der Waals surface area contributed by atoms with Gasteiger partial charge in [-0.05, 0) is 30.7 Å². The Morgan fingerprint density at radius 2 is 1.96 bits per heavy atom. The van der Waals surface area contributed by atoms with Crippen LogP contribution in [-0.4, -0.2) is 51.1 Å². The minimum absolute atomic E-state index is 0.468. The highest BCUT2D eigenvalue weighted by molar-refractivity contribution is 5.95. The maximum Gasteiger partial charge on any atom is 0.180 e. The first-order valence-electron chi connectivity index (χ1n) is 9.21. The number of aromatic nitrogens is 4. The normalized spacial score (nSPS) is 15.7. The molecule has 7 heteroatoms. The number of pyridine rings is 1. The molecule has 4 heterocycles. The molecule has 1 aliphatic rings. The van der Waals surface area contributed by atoms with Gasteiger partial charge in [-0.15, -0.1) is 0 Å². The zero-order valence-electron chi connectivity index (χ0n) is 15.2. The summed E-state index contributed by atoms with van der Waals surface area (Å²) in [6, 6.07) is 10.6. The summed E-state index contributed by atoms with van der Waals surface area (Å²) in [6.07, 6.45) is 0. The molecule has 0 bridgehead atoms. The van der Waals surface area contributed by atoms with Crippen molar-refractivity contribution in [2.45, 2.75) is 13.5 Å². The largest absolute Gasteiger partial charge is 0.384 e. The topological polar surface area (TPSA) is 95.8 Å². The van der Waals surface area contributed by atoms with Gasteiger partial charge in [-0.2, -0.15) is 0 Å². The third-order valence-electron chi connectivity index (χ3n) is 5.09. The predicted molar refractivity (Wildman–Crippen MR) is 106 cm³/mol. The van der Waals surface area contributed by atoms with Crippen molar-refractivity contribution < 1.29 is 4.74 Å². The van der Waals surface area contributed by atoms with E-state index >= 15 is 0 Å². The summed E-state index contributed by atoms with van der Waals surface area (Å²) in [4.78, 5) is 18.0. The number of nitrogens with zero attached hydrogens (tertiary/aromatic N) is 3. The number of hydrogen-bond donors (Lipinski definition) is 3. The van der Waals surface area contributed by atoms with Crippen LogP contribution in [0.4, 0.5) is 5.82 Å². The predicted octanol–water partition coefficient (Wildman–Crippen LogP) is 2.83. The monoisotopic (exact) mass is 362 g/mol. The molecule has 0 atom stereocenters. The Morgan fingerprint density at radius 3 is 2.81 bits per heavy atom. The van der Waals surface area contributed by atoms with Crippen molar-refractivity contribution >= 4 is 27.9 Å². The number of aromatic amines is 2. The Kier molecular flexibility index (Phi) is 3.84. The summed E-state index contributed by atoms with van der Waals surface area (Å²) in [7, 11) is 0. The molecule has 4 aromatic rings. The number of ether oxygens (including phenoxy) is 1. The van der Waals surface area contributed by atoms with Crippen LogP contribution in [0, 0.1) is 6.92 Å². The Labute approximate surface area is 156 Å². The average molecular weight is 362 g/mol. The van der Waals surface area contributed by atoms with E-state index in [1.54, 1.807) is 0 Å². The smallest absolute Gasteiger partial charge is 0.180 e. The van der Waals surface area contributed by atoms with Crippen LogP contribution in [-0.2, 0) is 11.3 Å². The number of imidazole rings is 1.